The summed E-state index contributed by atoms with van der Waals surface area (Å²) in [6.45, 7) is 15.5. The van der Waals surface area contributed by atoms with Gasteiger partial charge in [-0.15, -0.1) is 0 Å². The molecule has 1 aromatic rings. The van der Waals surface area contributed by atoms with Gasteiger partial charge in [0.2, 0.25) is 0 Å². The maximum Gasteiger partial charge on any atom is 0.461 e. The molecule has 126 valence electrons. The number of benzene rings is 1. The molecule has 0 saturated carbocycles. The summed E-state index contributed by atoms with van der Waals surface area (Å²) in [4.78, 5) is 0. The van der Waals surface area contributed by atoms with Crippen LogP contribution >= 0.6 is 0 Å². The Labute approximate surface area is 143 Å². The smallest absolute Gasteiger partial charge is 0.403 e. The van der Waals surface area contributed by atoms with Crippen molar-refractivity contribution in [2.24, 2.45) is 0 Å². The quantitative estimate of drug-likeness (QED) is 0.578. The standard InChI is InChI=1S/C19H31BO2Si/c1-16(15-23(6,7)17-11-9-8-10-12-17)13-14-20-21-18(2,3)19(4,5)22-20/h8-13H,14-15H2,1-7H3/b16-13-. The molecular weight excluding hydrogens is 299 g/mol. The summed E-state index contributed by atoms with van der Waals surface area (Å²) < 4.78 is 12.1. The molecule has 1 aromatic carbocycles. The van der Waals surface area contributed by atoms with Gasteiger partial charge in [0.05, 0.1) is 19.3 Å². The van der Waals surface area contributed by atoms with Gasteiger partial charge in [0.1, 0.15) is 0 Å². The van der Waals surface area contributed by atoms with Crippen LogP contribution in [-0.2, 0) is 9.31 Å². The molecular formula is C19H31BO2Si. The predicted molar refractivity (Wildman–Crippen MR) is 103 cm³/mol. The predicted octanol–water partition coefficient (Wildman–Crippen LogP) is 4.64. The van der Waals surface area contributed by atoms with Crippen LogP contribution in [0.2, 0.25) is 25.5 Å². The molecule has 0 amide bonds. The van der Waals surface area contributed by atoms with E-state index in [9.17, 15) is 0 Å². The van der Waals surface area contributed by atoms with E-state index in [1.807, 2.05) is 0 Å². The van der Waals surface area contributed by atoms with Crippen LogP contribution in [0.1, 0.15) is 34.6 Å². The van der Waals surface area contributed by atoms with E-state index in [1.165, 1.54) is 16.8 Å². The van der Waals surface area contributed by atoms with E-state index in [0.717, 1.165) is 6.32 Å². The summed E-state index contributed by atoms with van der Waals surface area (Å²) in [5, 5.41) is 1.52. The molecule has 0 radical (unpaired) electrons. The lowest BCUT2D eigenvalue weighted by atomic mass is 9.84. The molecule has 0 bridgehead atoms. The molecule has 0 spiro atoms. The maximum atomic E-state index is 6.07. The monoisotopic (exact) mass is 330 g/mol. The fourth-order valence-corrected chi connectivity index (χ4v) is 5.96. The van der Waals surface area contributed by atoms with Crippen LogP contribution in [0, 0.1) is 0 Å². The van der Waals surface area contributed by atoms with Crippen LogP contribution in [0.3, 0.4) is 0 Å². The van der Waals surface area contributed by atoms with Crippen LogP contribution < -0.4 is 5.19 Å². The van der Waals surface area contributed by atoms with E-state index in [2.05, 4.69) is 84.1 Å². The molecule has 1 aliphatic rings. The molecule has 0 aliphatic carbocycles. The van der Waals surface area contributed by atoms with Gasteiger partial charge in [0.25, 0.3) is 0 Å². The summed E-state index contributed by atoms with van der Waals surface area (Å²) in [5.41, 5.74) is 0.967. The molecule has 1 fully saturated rings. The summed E-state index contributed by atoms with van der Waals surface area (Å²) in [6.07, 6.45) is 3.14. The van der Waals surface area contributed by atoms with E-state index in [4.69, 9.17) is 9.31 Å². The molecule has 1 saturated heterocycles. The Morgan fingerprint density at radius 2 is 1.57 bits per heavy atom. The van der Waals surface area contributed by atoms with E-state index in [0.29, 0.717) is 0 Å². The van der Waals surface area contributed by atoms with Gasteiger partial charge in [-0.1, -0.05) is 60.3 Å². The van der Waals surface area contributed by atoms with Crippen molar-refractivity contribution in [1.29, 1.82) is 0 Å². The zero-order chi connectivity index (χ0) is 17.3. The largest absolute Gasteiger partial charge is 0.461 e. The Hall–Kier alpha value is -0.838. The van der Waals surface area contributed by atoms with E-state index in [1.54, 1.807) is 0 Å². The fraction of sp³-hybridized carbons (Fsp3) is 0.579. The zero-order valence-corrected chi connectivity index (χ0v) is 16.8. The van der Waals surface area contributed by atoms with Crippen LogP contribution in [-0.4, -0.2) is 26.4 Å². The third kappa shape index (κ3) is 4.37. The van der Waals surface area contributed by atoms with Gasteiger partial charge in [0, 0.05) is 6.32 Å². The topological polar surface area (TPSA) is 18.5 Å². The average molecular weight is 330 g/mol. The molecule has 2 nitrogen and oxygen atoms in total. The summed E-state index contributed by atoms with van der Waals surface area (Å²) >= 11 is 0. The average Bonchev–Trinajstić information content (AvgIpc) is 2.65. The molecule has 1 aliphatic heterocycles. The van der Waals surface area contributed by atoms with Gasteiger partial charge >= 0.3 is 7.12 Å². The Balaban J connectivity index is 1.97. The van der Waals surface area contributed by atoms with Gasteiger partial charge < -0.3 is 9.31 Å². The SMILES string of the molecule is C/C(=C/CB1OC(C)(C)C(C)(C)O1)C[Si](C)(C)c1ccccc1. The number of hydrogen-bond donors (Lipinski definition) is 0. The van der Waals surface area contributed by atoms with Crippen molar-refractivity contribution in [3.8, 4) is 0 Å². The first-order valence-electron chi connectivity index (χ1n) is 8.60. The Bertz CT molecular complexity index is 548. The van der Waals surface area contributed by atoms with Gasteiger partial charge in [0.15, 0.2) is 0 Å². The maximum absolute atomic E-state index is 6.07. The molecule has 4 heteroatoms. The Kier molecular flexibility index (Phi) is 5.29. The second kappa shape index (κ2) is 6.58. The highest BCUT2D eigenvalue weighted by molar-refractivity contribution is 6.90. The molecule has 0 unspecified atom stereocenters. The first kappa shape index (κ1) is 18.5. The number of allylic oxidation sites excluding steroid dienone is 2. The van der Waals surface area contributed by atoms with Crippen molar-refractivity contribution in [3.63, 3.8) is 0 Å². The lowest BCUT2D eigenvalue weighted by Crippen LogP contribution is -2.41. The lowest BCUT2D eigenvalue weighted by Gasteiger charge is -2.32. The highest BCUT2D eigenvalue weighted by Crippen LogP contribution is 2.37. The molecule has 0 atom stereocenters. The third-order valence-corrected chi connectivity index (χ3v) is 8.57. The van der Waals surface area contributed by atoms with Gasteiger partial charge in [-0.2, -0.15) is 0 Å². The summed E-state index contributed by atoms with van der Waals surface area (Å²) in [5.74, 6) is 0. The van der Waals surface area contributed by atoms with E-state index >= 15 is 0 Å². The summed E-state index contributed by atoms with van der Waals surface area (Å²) in [6, 6.07) is 12.1. The molecule has 2 rings (SSSR count). The second-order valence-electron chi connectivity index (χ2n) is 8.40. The third-order valence-electron chi connectivity index (χ3n) is 5.24. The fourth-order valence-electron chi connectivity index (χ4n) is 3.12. The van der Waals surface area contributed by atoms with Crippen LogP contribution in [0.15, 0.2) is 42.0 Å². The van der Waals surface area contributed by atoms with Crippen molar-refractivity contribution < 1.29 is 9.31 Å². The Morgan fingerprint density at radius 3 is 2.09 bits per heavy atom. The first-order chi connectivity index (χ1) is 10.5. The van der Waals surface area contributed by atoms with Crippen molar-refractivity contribution in [2.75, 3.05) is 0 Å². The minimum absolute atomic E-state index is 0.128. The van der Waals surface area contributed by atoms with Gasteiger partial charge in [-0.3, -0.25) is 0 Å². The Morgan fingerprint density at radius 1 is 1.04 bits per heavy atom. The van der Waals surface area contributed by atoms with Crippen LogP contribution in [0.5, 0.6) is 0 Å². The van der Waals surface area contributed by atoms with Crippen molar-refractivity contribution in [1.82, 2.24) is 0 Å². The van der Waals surface area contributed by atoms with E-state index in [-0.39, 0.29) is 18.3 Å². The highest BCUT2D eigenvalue weighted by Gasteiger charge is 2.50. The first-order valence-corrected chi connectivity index (χ1v) is 11.8. The summed E-state index contributed by atoms with van der Waals surface area (Å²) in [7, 11) is -1.55. The zero-order valence-electron chi connectivity index (χ0n) is 15.8. The van der Waals surface area contributed by atoms with E-state index < -0.39 is 8.07 Å². The van der Waals surface area contributed by atoms with Crippen LogP contribution in [0.25, 0.3) is 0 Å². The lowest BCUT2D eigenvalue weighted by molar-refractivity contribution is 0.00578. The van der Waals surface area contributed by atoms with Crippen molar-refractivity contribution in [3.05, 3.63) is 42.0 Å². The highest BCUT2D eigenvalue weighted by atomic mass is 28.3. The van der Waals surface area contributed by atoms with Crippen LogP contribution in [0.4, 0.5) is 0 Å². The molecule has 0 aromatic heterocycles. The molecule has 0 N–H and O–H groups in total. The minimum Gasteiger partial charge on any atom is -0.403 e. The normalized spacial score (nSPS) is 20.8. The second-order valence-corrected chi connectivity index (χ2v) is 13.1. The van der Waals surface area contributed by atoms with Crippen molar-refractivity contribution in [2.45, 2.75) is 71.3 Å². The van der Waals surface area contributed by atoms with Crippen molar-refractivity contribution >= 4 is 20.4 Å². The number of rotatable bonds is 5. The molecule has 1 heterocycles. The number of hydrogen-bond acceptors (Lipinski definition) is 2. The van der Waals surface area contributed by atoms with Gasteiger partial charge in [-0.25, -0.2) is 0 Å². The van der Waals surface area contributed by atoms with Gasteiger partial charge in [-0.05, 0) is 40.7 Å². The molecule has 23 heavy (non-hydrogen) atoms. The minimum atomic E-state index is -1.43.